The molecule has 0 bridgehead atoms. The van der Waals surface area contributed by atoms with Crippen LogP contribution >= 0.6 is 43.2 Å². The molecule has 0 spiro atoms. The number of thiophene rings is 1. The van der Waals surface area contributed by atoms with Crippen LogP contribution in [-0.4, -0.2) is 19.7 Å². The van der Waals surface area contributed by atoms with Gasteiger partial charge >= 0.3 is 0 Å². The van der Waals surface area contributed by atoms with Gasteiger partial charge in [-0.15, -0.1) is 11.3 Å². The molecule has 1 aromatic carbocycles. The predicted octanol–water partition coefficient (Wildman–Crippen LogP) is 4.48. The second-order valence-electron chi connectivity index (χ2n) is 4.01. The van der Waals surface area contributed by atoms with Crippen LogP contribution in [0.3, 0.4) is 0 Å². The van der Waals surface area contributed by atoms with Crippen LogP contribution in [0.4, 0.5) is 0 Å². The molecule has 2 rings (SSSR count). The fourth-order valence-corrected chi connectivity index (χ4v) is 3.48. The van der Waals surface area contributed by atoms with Crippen LogP contribution < -0.4 is 10.1 Å². The van der Waals surface area contributed by atoms with Gasteiger partial charge in [0.05, 0.1) is 3.79 Å². The summed E-state index contributed by atoms with van der Waals surface area (Å²) in [4.78, 5) is 1.40. The van der Waals surface area contributed by atoms with Gasteiger partial charge in [0.2, 0.25) is 0 Å². The Bertz CT molecular complexity index is 516. The highest BCUT2D eigenvalue weighted by Crippen LogP contribution is 2.22. The van der Waals surface area contributed by atoms with Gasteiger partial charge in [-0.1, -0.05) is 22.0 Å². The Labute approximate surface area is 134 Å². The van der Waals surface area contributed by atoms with Gasteiger partial charge in [-0.25, -0.2) is 0 Å². The first kappa shape index (κ1) is 15.0. The van der Waals surface area contributed by atoms with Crippen molar-refractivity contribution in [3.8, 4) is 5.75 Å². The van der Waals surface area contributed by atoms with E-state index in [4.69, 9.17) is 4.74 Å². The average molecular weight is 405 g/mol. The van der Waals surface area contributed by atoms with Crippen LogP contribution in [0.25, 0.3) is 0 Å². The van der Waals surface area contributed by atoms with E-state index in [0.717, 1.165) is 29.7 Å². The third-order valence-electron chi connectivity index (χ3n) is 2.52. The van der Waals surface area contributed by atoms with Gasteiger partial charge in [-0.2, -0.15) is 0 Å². The zero-order valence-corrected chi connectivity index (χ0v) is 14.4. The fraction of sp³-hybridized carbons (Fsp3) is 0.286. The van der Waals surface area contributed by atoms with Crippen molar-refractivity contribution in [2.75, 3.05) is 19.7 Å². The van der Waals surface area contributed by atoms with Gasteiger partial charge in [-0.05, 0) is 52.7 Å². The largest absolute Gasteiger partial charge is 0.492 e. The van der Waals surface area contributed by atoms with E-state index in [1.54, 1.807) is 11.3 Å². The Balaban J connectivity index is 1.57. The van der Waals surface area contributed by atoms with Gasteiger partial charge in [0, 0.05) is 22.4 Å². The zero-order chi connectivity index (χ0) is 13.5. The SMILES string of the molecule is Brc1cccc(OCCNCCc2ccc(Br)s2)c1. The first-order chi connectivity index (χ1) is 9.24. The van der Waals surface area contributed by atoms with Gasteiger partial charge in [-0.3, -0.25) is 0 Å². The second kappa shape index (κ2) is 8.04. The quantitative estimate of drug-likeness (QED) is 0.686. The van der Waals surface area contributed by atoms with E-state index in [9.17, 15) is 0 Å². The summed E-state index contributed by atoms with van der Waals surface area (Å²) in [7, 11) is 0. The smallest absolute Gasteiger partial charge is 0.120 e. The van der Waals surface area contributed by atoms with Crippen LogP contribution in [0, 0.1) is 0 Å². The summed E-state index contributed by atoms with van der Waals surface area (Å²) in [6, 6.07) is 12.2. The molecule has 0 aliphatic heterocycles. The molecule has 1 heterocycles. The molecule has 19 heavy (non-hydrogen) atoms. The molecule has 0 radical (unpaired) electrons. The molecule has 2 aromatic rings. The summed E-state index contributed by atoms with van der Waals surface area (Å²) in [5, 5.41) is 3.38. The monoisotopic (exact) mass is 403 g/mol. The molecule has 5 heteroatoms. The van der Waals surface area contributed by atoms with E-state index in [-0.39, 0.29) is 0 Å². The van der Waals surface area contributed by atoms with E-state index in [0.29, 0.717) is 6.61 Å². The highest BCUT2D eigenvalue weighted by Gasteiger charge is 1.98. The molecule has 0 saturated heterocycles. The molecule has 1 aromatic heterocycles. The van der Waals surface area contributed by atoms with E-state index >= 15 is 0 Å². The molecule has 0 unspecified atom stereocenters. The topological polar surface area (TPSA) is 21.3 Å². The minimum absolute atomic E-state index is 0.685. The van der Waals surface area contributed by atoms with Crippen molar-refractivity contribution in [1.82, 2.24) is 5.32 Å². The minimum Gasteiger partial charge on any atom is -0.492 e. The van der Waals surface area contributed by atoms with Crippen LogP contribution in [-0.2, 0) is 6.42 Å². The number of benzene rings is 1. The molecule has 0 atom stereocenters. The predicted molar refractivity (Wildman–Crippen MR) is 88.2 cm³/mol. The Hall–Kier alpha value is -0.360. The van der Waals surface area contributed by atoms with Crippen LogP contribution in [0.5, 0.6) is 5.75 Å². The molecule has 102 valence electrons. The molecule has 0 amide bonds. The summed E-state index contributed by atoms with van der Waals surface area (Å²) in [5.41, 5.74) is 0. The standard InChI is InChI=1S/C14H15Br2NOS/c15-11-2-1-3-12(10-11)18-9-8-17-7-6-13-4-5-14(16)19-13/h1-5,10,17H,6-9H2. The maximum Gasteiger partial charge on any atom is 0.120 e. The molecule has 0 aliphatic rings. The Morgan fingerprint density at radius 1 is 1.11 bits per heavy atom. The Kier molecular flexibility index (Phi) is 6.37. The molecule has 0 aliphatic carbocycles. The number of rotatable bonds is 7. The third kappa shape index (κ3) is 5.65. The van der Waals surface area contributed by atoms with Crippen molar-refractivity contribution in [3.05, 3.63) is 49.5 Å². The number of hydrogen-bond acceptors (Lipinski definition) is 3. The summed E-state index contributed by atoms with van der Waals surface area (Å²) in [5.74, 6) is 0.901. The van der Waals surface area contributed by atoms with Gasteiger partial charge in [0.25, 0.3) is 0 Å². The van der Waals surface area contributed by atoms with Gasteiger partial charge < -0.3 is 10.1 Å². The summed E-state index contributed by atoms with van der Waals surface area (Å²) >= 11 is 8.69. The maximum atomic E-state index is 5.65. The summed E-state index contributed by atoms with van der Waals surface area (Å²) in [6.07, 6.45) is 1.06. The highest BCUT2D eigenvalue weighted by molar-refractivity contribution is 9.11. The van der Waals surface area contributed by atoms with Crippen molar-refractivity contribution < 1.29 is 4.74 Å². The second-order valence-corrected chi connectivity index (χ2v) is 7.47. The van der Waals surface area contributed by atoms with Gasteiger partial charge in [0.1, 0.15) is 12.4 Å². The first-order valence-electron chi connectivity index (χ1n) is 6.07. The lowest BCUT2D eigenvalue weighted by molar-refractivity contribution is 0.314. The summed E-state index contributed by atoms with van der Waals surface area (Å²) < 4.78 is 7.88. The average Bonchev–Trinajstić information content (AvgIpc) is 2.79. The van der Waals surface area contributed by atoms with E-state index in [1.165, 1.54) is 8.66 Å². The lowest BCUT2D eigenvalue weighted by Crippen LogP contribution is -2.23. The lowest BCUT2D eigenvalue weighted by Gasteiger charge is -2.07. The number of halogens is 2. The molecule has 1 N–H and O–H groups in total. The molecular weight excluding hydrogens is 390 g/mol. The van der Waals surface area contributed by atoms with Crippen molar-refractivity contribution >= 4 is 43.2 Å². The number of hydrogen-bond donors (Lipinski definition) is 1. The van der Waals surface area contributed by atoms with E-state index < -0.39 is 0 Å². The normalized spacial score (nSPS) is 10.6. The molecule has 2 nitrogen and oxygen atoms in total. The highest BCUT2D eigenvalue weighted by atomic mass is 79.9. The van der Waals surface area contributed by atoms with Crippen LogP contribution in [0.1, 0.15) is 4.88 Å². The van der Waals surface area contributed by atoms with Crippen molar-refractivity contribution in [3.63, 3.8) is 0 Å². The minimum atomic E-state index is 0.685. The van der Waals surface area contributed by atoms with Crippen LogP contribution in [0.2, 0.25) is 0 Å². The van der Waals surface area contributed by atoms with Crippen molar-refractivity contribution in [2.45, 2.75) is 6.42 Å². The van der Waals surface area contributed by atoms with E-state index in [1.807, 2.05) is 24.3 Å². The summed E-state index contributed by atoms with van der Waals surface area (Å²) in [6.45, 7) is 2.53. The third-order valence-corrected chi connectivity index (χ3v) is 4.70. The maximum absolute atomic E-state index is 5.65. The van der Waals surface area contributed by atoms with Crippen molar-refractivity contribution in [2.24, 2.45) is 0 Å². The molecule has 0 saturated carbocycles. The fourth-order valence-electron chi connectivity index (χ4n) is 1.62. The molecular formula is C14H15Br2NOS. The van der Waals surface area contributed by atoms with Crippen LogP contribution in [0.15, 0.2) is 44.7 Å². The lowest BCUT2D eigenvalue weighted by atomic mass is 10.3. The number of ether oxygens (including phenoxy) is 1. The first-order valence-corrected chi connectivity index (χ1v) is 8.47. The van der Waals surface area contributed by atoms with E-state index in [2.05, 4.69) is 49.3 Å². The Morgan fingerprint density at radius 2 is 2.00 bits per heavy atom. The Morgan fingerprint density at radius 3 is 2.74 bits per heavy atom. The zero-order valence-electron chi connectivity index (χ0n) is 10.4. The van der Waals surface area contributed by atoms with Crippen molar-refractivity contribution in [1.29, 1.82) is 0 Å². The molecule has 0 fully saturated rings. The number of nitrogens with one attached hydrogen (secondary N) is 1. The van der Waals surface area contributed by atoms with Gasteiger partial charge in [0.15, 0.2) is 0 Å².